The maximum absolute atomic E-state index is 11.7. The van der Waals surface area contributed by atoms with E-state index in [1.165, 1.54) is 12.1 Å². The summed E-state index contributed by atoms with van der Waals surface area (Å²) >= 11 is 1.63. The average Bonchev–Trinajstić information content (AvgIpc) is 2.16. The van der Waals surface area contributed by atoms with Gasteiger partial charge < -0.3 is 9.84 Å². The Hall–Kier alpha value is -1.00. The lowest BCUT2D eigenvalue weighted by Crippen LogP contribution is -2.31. The number of ether oxygens (including phenoxy) is 1. The smallest absolute Gasteiger partial charge is 0.172 e. The molecule has 0 unspecified atom stereocenters. The number of aromatic hydroxyl groups is 1. The molecule has 0 amide bonds. The van der Waals surface area contributed by atoms with Gasteiger partial charge >= 0.3 is 0 Å². The SMILES string of the molecule is O=C(CSC1COC1)c1ccc(O)cc1. The molecule has 1 heterocycles. The van der Waals surface area contributed by atoms with E-state index in [0.29, 0.717) is 16.6 Å². The van der Waals surface area contributed by atoms with Gasteiger partial charge in [-0.05, 0) is 24.3 Å². The Balaban J connectivity index is 1.86. The average molecular weight is 224 g/mol. The van der Waals surface area contributed by atoms with Crippen LogP contribution < -0.4 is 0 Å². The quantitative estimate of drug-likeness (QED) is 0.791. The zero-order chi connectivity index (χ0) is 10.7. The van der Waals surface area contributed by atoms with E-state index in [4.69, 9.17) is 9.84 Å². The predicted molar refractivity (Wildman–Crippen MR) is 59.5 cm³/mol. The minimum Gasteiger partial charge on any atom is -0.508 e. The zero-order valence-electron chi connectivity index (χ0n) is 8.18. The molecule has 80 valence electrons. The monoisotopic (exact) mass is 224 g/mol. The first-order chi connectivity index (χ1) is 7.25. The van der Waals surface area contributed by atoms with Crippen LogP contribution in [0.25, 0.3) is 0 Å². The van der Waals surface area contributed by atoms with Crippen molar-refractivity contribution in [3.63, 3.8) is 0 Å². The first-order valence-electron chi connectivity index (χ1n) is 4.77. The summed E-state index contributed by atoms with van der Waals surface area (Å²) in [6.45, 7) is 1.51. The van der Waals surface area contributed by atoms with E-state index < -0.39 is 0 Å². The second-order valence-corrected chi connectivity index (χ2v) is 4.73. The fraction of sp³-hybridized carbons (Fsp3) is 0.364. The number of hydrogen-bond acceptors (Lipinski definition) is 4. The van der Waals surface area contributed by atoms with Crippen LogP contribution in [-0.4, -0.2) is 35.1 Å². The van der Waals surface area contributed by atoms with Gasteiger partial charge in [0.15, 0.2) is 5.78 Å². The van der Waals surface area contributed by atoms with E-state index in [9.17, 15) is 4.79 Å². The van der Waals surface area contributed by atoms with E-state index >= 15 is 0 Å². The molecule has 0 spiro atoms. The second kappa shape index (κ2) is 4.68. The van der Waals surface area contributed by atoms with Crippen molar-refractivity contribution < 1.29 is 14.6 Å². The maximum atomic E-state index is 11.7. The van der Waals surface area contributed by atoms with Gasteiger partial charge in [0.2, 0.25) is 0 Å². The number of phenols is 1. The van der Waals surface area contributed by atoms with Crippen molar-refractivity contribution in [2.45, 2.75) is 5.25 Å². The minimum absolute atomic E-state index is 0.104. The first-order valence-corrected chi connectivity index (χ1v) is 5.82. The van der Waals surface area contributed by atoms with Gasteiger partial charge in [-0.15, -0.1) is 11.8 Å². The molecule has 2 rings (SSSR count). The standard InChI is InChI=1S/C11H12O3S/c12-9-3-1-8(2-4-9)11(13)7-15-10-5-14-6-10/h1-4,10,12H,5-7H2. The fourth-order valence-corrected chi connectivity index (χ4v) is 2.17. The Morgan fingerprint density at radius 3 is 2.60 bits per heavy atom. The van der Waals surface area contributed by atoms with Crippen molar-refractivity contribution in [1.29, 1.82) is 0 Å². The normalized spacial score (nSPS) is 16.0. The summed E-state index contributed by atoms with van der Waals surface area (Å²) < 4.78 is 5.02. The van der Waals surface area contributed by atoms with Crippen LogP contribution in [0.2, 0.25) is 0 Å². The third-order valence-electron chi connectivity index (χ3n) is 2.25. The molecule has 0 atom stereocenters. The summed E-state index contributed by atoms with van der Waals surface area (Å²) in [5.74, 6) is 0.775. The highest BCUT2D eigenvalue weighted by molar-refractivity contribution is 8.00. The number of thioether (sulfide) groups is 1. The number of carbonyl (C=O) groups is 1. The van der Waals surface area contributed by atoms with Crippen LogP contribution in [0.3, 0.4) is 0 Å². The molecule has 1 fully saturated rings. The highest BCUT2D eigenvalue weighted by Crippen LogP contribution is 2.20. The van der Waals surface area contributed by atoms with Crippen molar-refractivity contribution in [2.24, 2.45) is 0 Å². The van der Waals surface area contributed by atoms with E-state index in [1.807, 2.05) is 0 Å². The summed E-state index contributed by atoms with van der Waals surface area (Å²) in [7, 11) is 0. The van der Waals surface area contributed by atoms with Crippen LogP contribution >= 0.6 is 11.8 Å². The number of hydrogen-bond donors (Lipinski definition) is 1. The van der Waals surface area contributed by atoms with Crippen LogP contribution in [0.5, 0.6) is 5.75 Å². The van der Waals surface area contributed by atoms with Gasteiger partial charge in [-0.1, -0.05) is 0 Å². The number of Topliss-reactive ketones (excluding diaryl/α,β-unsaturated/α-hetero) is 1. The van der Waals surface area contributed by atoms with E-state index in [-0.39, 0.29) is 11.5 Å². The molecule has 15 heavy (non-hydrogen) atoms. The van der Waals surface area contributed by atoms with Gasteiger partial charge in [0.05, 0.1) is 24.2 Å². The van der Waals surface area contributed by atoms with Crippen molar-refractivity contribution >= 4 is 17.5 Å². The Bertz CT molecular complexity index is 343. The molecule has 0 aliphatic carbocycles. The van der Waals surface area contributed by atoms with E-state index in [0.717, 1.165) is 13.2 Å². The Kier molecular flexibility index (Phi) is 3.28. The Labute approximate surface area is 92.4 Å². The molecule has 1 N–H and O–H groups in total. The lowest BCUT2D eigenvalue weighted by atomic mass is 10.1. The number of carbonyl (C=O) groups excluding carboxylic acids is 1. The molecule has 1 aromatic rings. The number of rotatable bonds is 4. The Morgan fingerprint density at radius 2 is 2.07 bits per heavy atom. The molecule has 0 radical (unpaired) electrons. The molecule has 1 aliphatic rings. The van der Waals surface area contributed by atoms with Gasteiger partial charge in [-0.25, -0.2) is 0 Å². The van der Waals surface area contributed by atoms with Crippen molar-refractivity contribution in [1.82, 2.24) is 0 Å². The van der Waals surface area contributed by atoms with Crippen LogP contribution in [0.1, 0.15) is 10.4 Å². The van der Waals surface area contributed by atoms with E-state index in [2.05, 4.69) is 0 Å². The third kappa shape index (κ3) is 2.73. The van der Waals surface area contributed by atoms with Crippen molar-refractivity contribution in [3.05, 3.63) is 29.8 Å². The molecular weight excluding hydrogens is 212 g/mol. The molecule has 1 saturated heterocycles. The predicted octanol–water partition coefficient (Wildman–Crippen LogP) is 1.71. The fourth-order valence-electron chi connectivity index (χ4n) is 1.23. The highest BCUT2D eigenvalue weighted by atomic mass is 32.2. The molecule has 1 aliphatic heterocycles. The molecule has 1 aromatic carbocycles. The lowest BCUT2D eigenvalue weighted by molar-refractivity contribution is 0.0455. The maximum Gasteiger partial charge on any atom is 0.172 e. The van der Waals surface area contributed by atoms with Crippen LogP contribution in [0.15, 0.2) is 24.3 Å². The van der Waals surface area contributed by atoms with E-state index in [1.54, 1.807) is 23.9 Å². The number of benzene rings is 1. The van der Waals surface area contributed by atoms with Crippen molar-refractivity contribution in [3.8, 4) is 5.75 Å². The van der Waals surface area contributed by atoms with Gasteiger partial charge in [-0.2, -0.15) is 0 Å². The van der Waals surface area contributed by atoms with Crippen molar-refractivity contribution in [2.75, 3.05) is 19.0 Å². The van der Waals surface area contributed by atoms with Gasteiger partial charge in [0.1, 0.15) is 5.75 Å². The molecule has 3 nitrogen and oxygen atoms in total. The third-order valence-corrected chi connectivity index (χ3v) is 3.42. The van der Waals surface area contributed by atoms with Crippen LogP contribution in [0, 0.1) is 0 Å². The number of phenolic OH excluding ortho intramolecular Hbond substituents is 1. The topological polar surface area (TPSA) is 46.5 Å². The largest absolute Gasteiger partial charge is 0.508 e. The molecule has 0 bridgehead atoms. The Morgan fingerprint density at radius 1 is 1.40 bits per heavy atom. The molecular formula is C11H12O3S. The summed E-state index contributed by atoms with van der Waals surface area (Å²) in [4.78, 5) is 11.7. The molecule has 0 aromatic heterocycles. The van der Waals surface area contributed by atoms with Gasteiger partial charge in [0.25, 0.3) is 0 Å². The first kappa shape index (κ1) is 10.5. The second-order valence-electron chi connectivity index (χ2n) is 3.44. The van der Waals surface area contributed by atoms with Crippen LogP contribution in [0.4, 0.5) is 0 Å². The molecule has 0 saturated carbocycles. The van der Waals surface area contributed by atoms with Crippen LogP contribution in [-0.2, 0) is 4.74 Å². The zero-order valence-corrected chi connectivity index (χ0v) is 9.00. The summed E-state index contributed by atoms with van der Waals surface area (Å²) in [5, 5.41) is 9.55. The number of ketones is 1. The summed E-state index contributed by atoms with van der Waals surface area (Å²) in [6.07, 6.45) is 0. The lowest BCUT2D eigenvalue weighted by Gasteiger charge is -2.24. The molecule has 4 heteroatoms. The van der Waals surface area contributed by atoms with Gasteiger partial charge in [0, 0.05) is 5.56 Å². The highest BCUT2D eigenvalue weighted by Gasteiger charge is 2.20. The summed E-state index contributed by atoms with van der Waals surface area (Å²) in [6, 6.07) is 6.36. The van der Waals surface area contributed by atoms with Gasteiger partial charge in [-0.3, -0.25) is 4.79 Å². The summed E-state index contributed by atoms with van der Waals surface area (Å²) in [5.41, 5.74) is 0.653. The minimum atomic E-state index is 0.104.